The van der Waals surface area contributed by atoms with Gasteiger partial charge < -0.3 is 4.74 Å². The van der Waals surface area contributed by atoms with E-state index in [0.717, 1.165) is 11.1 Å². The normalized spacial score (nSPS) is 10.7. The fraction of sp³-hybridized carbons (Fsp3) is 0.154. The van der Waals surface area contributed by atoms with Gasteiger partial charge in [0, 0.05) is 12.3 Å². The highest BCUT2D eigenvalue weighted by molar-refractivity contribution is 7.98. The second-order valence-corrected chi connectivity index (χ2v) is 8.31. The summed E-state index contributed by atoms with van der Waals surface area (Å²) in [7, 11) is 1.31. The van der Waals surface area contributed by atoms with Crippen LogP contribution in [0, 0.1) is 11.3 Å². The molecular weight excluding hydrogens is 434 g/mol. The Kier molecular flexibility index (Phi) is 6.86. The van der Waals surface area contributed by atoms with Gasteiger partial charge in [0.1, 0.15) is 0 Å². The first-order valence-corrected chi connectivity index (χ1v) is 11.4. The topological polar surface area (TPSA) is 85.0 Å². The van der Waals surface area contributed by atoms with Crippen LogP contribution in [0.4, 0.5) is 0 Å². The molecule has 0 amide bonds. The van der Waals surface area contributed by atoms with Crippen molar-refractivity contribution in [2.75, 3.05) is 7.11 Å². The zero-order chi connectivity index (χ0) is 23.2. The number of nitrogens with zero attached hydrogens (tertiary/aromatic N) is 3. The number of methoxy groups -OCH3 is 1. The van der Waals surface area contributed by atoms with Gasteiger partial charge in [0.15, 0.2) is 5.16 Å². The third-order valence-electron chi connectivity index (χ3n) is 5.30. The van der Waals surface area contributed by atoms with Gasteiger partial charge in [-0.15, -0.1) is 0 Å². The lowest BCUT2D eigenvalue weighted by atomic mass is 10.1. The maximum absolute atomic E-state index is 13.4. The van der Waals surface area contributed by atoms with Crippen LogP contribution in [0.1, 0.15) is 27.0 Å². The van der Waals surface area contributed by atoms with Gasteiger partial charge in [0.2, 0.25) is 0 Å². The molecule has 0 radical (unpaired) electrons. The molecule has 4 aromatic rings. The third kappa shape index (κ3) is 4.97. The lowest BCUT2D eigenvalue weighted by molar-refractivity contribution is 0.0601. The molecule has 0 aliphatic carbocycles. The molecule has 0 aliphatic heterocycles. The number of hydrogen-bond acceptors (Lipinski definition) is 6. The van der Waals surface area contributed by atoms with Gasteiger partial charge in [-0.3, -0.25) is 9.36 Å². The smallest absolute Gasteiger partial charge is 0.337 e. The van der Waals surface area contributed by atoms with Crippen LogP contribution < -0.4 is 5.56 Å². The van der Waals surface area contributed by atoms with Crippen molar-refractivity contribution in [3.63, 3.8) is 0 Å². The summed E-state index contributed by atoms with van der Waals surface area (Å²) < 4.78 is 6.48. The maximum Gasteiger partial charge on any atom is 0.337 e. The monoisotopic (exact) mass is 455 g/mol. The summed E-state index contributed by atoms with van der Waals surface area (Å²) in [5, 5.41) is 10.4. The molecule has 33 heavy (non-hydrogen) atoms. The maximum atomic E-state index is 13.4. The largest absolute Gasteiger partial charge is 0.465 e. The van der Waals surface area contributed by atoms with Crippen molar-refractivity contribution in [2.45, 2.75) is 23.9 Å². The molecule has 6 nitrogen and oxygen atoms in total. The van der Waals surface area contributed by atoms with Crippen LogP contribution >= 0.6 is 11.8 Å². The lowest BCUT2D eigenvalue weighted by Crippen LogP contribution is -2.24. The molecule has 0 atom stereocenters. The lowest BCUT2D eigenvalue weighted by Gasteiger charge is -2.14. The molecule has 0 spiro atoms. The van der Waals surface area contributed by atoms with Crippen LogP contribution in [-0.2, 0) is 23.5 Å². The standard InChI is InChI=1S/C26H21N3O3S/c1-32-25(31)19-11-12-22-23(15-19)28-26(33-17-21-10-6-5-9-20(21)16-27)29(24(22)30)14-13-18-7-3-2-4-8-18/h2-12,15H,13-14,17H2,1H3. The third-order valence-corrected chi connectivity index (χ3v) is 6.33. The van der Waals surface area contributed by atoms with Crippen LogP contribution in [0.15, 0.2) is 82.7 Å². The van der Waals surface area contributed by atoms with Gasteiger partial charge in [-0.25, -0.2) is 9.78 Å². The highest BCUT2D eigenvalue weighted by Gasteiger charge is 2.15. The van der Waals surface area contributed by atoms with E-state index >= 15 is 0 Å². The average molecular weight is 456 g/mol. The molecule has 1 aromatic heterocycles. The number of fused-ring (bicyclic) bond motifs is 1. The zero-order valence-electron chi connectivity index (χ0n) is 18.0. The Hall–Kier alpha value is -3.89. The molecular formula is C26H21N3O3S. The van der Waals surface area contributed by atoms with E-state index < -0.39 is 5.97 Å². The van der Waals surface area contributed by atoms with Crippen LogP contribution in [0.3, 0.4) is 0 Å². The first-order chi connectivity index (χ1) is 16.1. The Morgan fingerprint density at radius 1 is 1.09 bits per heavy atom. The second-order valence-electron chi connectivity index (χ2n) is 7.37. The van der Waals surface area contributed by atoms with Crippen molar-refractivity contribution in [3.05, 3.63) is 105 Å². The molecule has 7 heteroatoms. The number of aryl methyl sites for hydroxylation is 1. The number of hydrogen-bond donors (Lipinski definition) is 0. The zero-order valence-corrected chi connectivity index (χ0v) is 18.8. The van der Waals surface area contributed by atoms with Crippen molar-refractivity contribution in [2.24, 2.45) is 0 Å². The van der Waals surface area contributed by atoms with E-state index in [1.165, 1.54) is 18.9 Å². The summed E-state index contributed by atoms with van der Waals surface area (Å²) in [4.78, 5) is 30.1. The molecule has 0 unspecified atom stereocenters. The predicted molar refractivity (Wildman–Crippen MR) is 128 cm³/mol. The van der Waals surface area contributed by atoms with Crippen LogP contribution in [0.2, 0.25) is 0 Å². The van der Waals surface area contributed by atoms with Gasteiger partial charge >= 0.3 is 5.97 Å². The van der Waals surface area contributed by atoms with E-state index in [4.69, 9.17) is 9.72 Å². The van der Waals surface area contributed by atoms with Crippen LogP contribution in [0.5, 0.6) is 0 Å². The van der Waals surface area contributed by atoms with Crippen molar-refractivity contribution < 1.29 is 9.53 Å². The first kappa shape index (κ1) is 22.3. The number of esters is 1. The van der Waals surface area contributed by atoms with Crippen molar-refractivity contribution >= 4 is 28.6 Å². The minimum absolute atomic E-state index is 0.164. The minimum atomic E-state index is -0.482. The highest BCUT2D eigenvalue weighted by atomic mass is 32.2. The molecule has 0 saturated carbocycles. The molecule has 0 aliphatic rings. The number of rotatable bonds is 7. The Morgan fingerprint density at radius 3 is 2.61 bits per heavy atom. The quantitative estimate of drug-likeness (QED) is 0.230. The predicted octanol–water partition coefficient (Wildman–Crippen LogP) is 4.59. The van der Waals surface area contributed by atoms with Gasteiger partial charge in [-0.2, -0.15) is 5.26 Å². The highest BCUT2D eigenvalue weighted by Crippen LogP contribution is 2.24. The molecule has 0 fully saturated rings. The van der Waals surface area contributed by atoms with Gasteiger partial charge in [0.25, 0.3) is 5.56 Å². The van der Waals surface area contributed by atoms with Crippen molar-refractivity contribution in [3.8, 4) is 6.07 Å². The Balaban J connectivity index is 1.75. The van der Waals surface area contributed by atoms with Crippen LogP contribution in [0.25, 0.3) is 10.9 Å². The van der Waals surface area contributed by atoms with Crippen molar-refractivity contribution in [1.82, 2.24) is 9.55 Å². The Bertz CT molecular complexity index is 1410. The van der Waals surface area contributed by atoms with Crippen LogP contribution in [-0.4, -0.2) is 22.6 Å². The number of aromatic nitrogens is 2. The van der Waals surface area contributed by atoms with E-state index in [1.54, 1.807) is 28.8 Å². The molecule has 1 heterocycles. The van der Waals surface area contributed by atoms with E-state index in [0.29, 0.717) is 45.9 Å². The van der Waals surface area contributed by atoms with Gasteiger partial charge in [-0.1, -0.05) is 60.3 Å². The summed E-state index contributed by atoms with van der Waals surface area (Å²) in [5.74, 6) is 0.00748. The summed E-state index contributed by atoms with van der Waals surface area (Å²) >= 11 is 1.40. The van der Waals surface area contributed by atoms with Crippen molar-refractivity contribution in [1.29, 1.82) is 5.26 Å². The minimum Gasteiger partial charge on any atom is -0.465 e. The first-order valence-electron chi connectivity index (χ1n) is 10.4. The number of carbonyl (C=O) groups is 1. The van der Waals surface area contributed by atoms with Gasteiger partial charge in [-0.05, 0) is 41.8 Å². The summed E-state index contributed by atoms with van der Waals surface area (Å²) in [5.41, 5.74) is 3.20. The summed E-state index contributed by atoms with van der Waals surface area (Å²) in [6.07, 6.45) is 0.677. The average Bonchev–Trinajstić information content (AvgIpc) is 2.87. The summed E-state index contributed by atoms with van der Waals surface area (Å²) in [6, 6.07) is 24.3. The van der Waals surface area contributed by atoms with E-state index in [9.17, 15) is 14.9 Å². The molecule has 4 rings (SSSR count). The van der Waals surface area contributed by atoms with E-state index in [-0.39, 0.29) is 5.56 Å². The Morgan fingerprint density at radius 2 is 1.85 bits per heavy atom. The molecule has 0 bridgehead atoms. The fourth-order valence-electron chi connectivity index (χ4n) is 3.54. The SMILES string of the molecule is COC(=O)c1ccc2c(=O)n(CCc3ccccc3)c(SCc3ccccc3C#N)nc2c1. The van der Waals surface area contributed by atoms with E-state index in [2.05, 4.69) is 6.07 Å². The molecule has 0 saturated heterocycles. The number of thioether (sulfide) groups is 1. The Labute approximate surface area is 195 Å². The second kappa shape index (κ2) is 10.2. The fourth-order valence-corrected chi connectivity index (χ4v) is 4.57. The number of carbonyl (C=O) groups excluding carboxylic acids is 1. The summed E-state index contributed by atoms with van der Waals surface area (Å²) in [6.45, 7) is 0.465. The molecule has 0 N–H and O–H groups in total. The van der Waals surface area contributed by atoms with E-state index in [1.807, 2.05) is 48.5 Å². The van der Waals surface area contributed by atoms with Gasteiger partial charge in [0.05, 0.1) is 35.2 Å². The molecule has 164 valence electrons. The number of nitriles is 1. The molecule has 3 aromatic carbocycles. The number of benzene rings is 3. The number of ether oxygens (including phenoxy) is 1.